The number of nitrogens with two attached hydrogens (primary N) is 1. The zero-order chi connectivity index (χ0) is 14.5. The van der Waals surface area contributed by atoms with Gasteiger partial charge in [0, 0.05) is 5.69 Å². The quantitative estimate of drug-likeness (QED) is 0.842. The second-order valence-corrected chi connectivity index (χ2v) is 7.81. The van der Waals surface area contributed by atoms with Crippen molar-refractivity contribution in [3.8, 4) is 0 Å². The summed E-state index contributed by atoms with van der Waals surface area (Å²) in [5.41, 5.74) is 7.20. The lowest BCUT2D eigenvalue weighted by Gasteiger charge is -2.18. The van der Waals surface area contributed by atoms with Crippen molar-refractivity contribution in [2.75, 3.05) is 17.0 Å². The van der Waals surface area contributed by atoms with E-state index in [-0.39, 0.29) is 11.2 Å². The van der Waals surface area contributed by atoms with E-state index in [1.54, 1.807) is 12.1 Å². The van der Waals surface area contributed by atoms with Crippen molar-refractivity contribution in [2.45, 2.75) is 33.6 Å². The van der Waals surface area contributed by atoms with Crippen LogP contribution in [0.25, 0.3) is 0 Å². The van der Waals surface area contributed by atoms with Crippen LogP contribution in [-0.2, 0) is 16.4 Å². The first kappa shape index (κ1) is 16.0. The molecule has 0 saturated carbocycles. The molecule has 0 aliphatic rings. The summed E-state index contributed by atoms with van der Waals surface area (Å²) >= 11 is 0. The van der Waals surface area contributed by atoms with Crippen LogP contribution in [0.2, 0.25) is 0 Å². The van der Waals surface area contributed by atoms with Crippen LogP contribution in [0.15, 0.2) is 24.3 Å². The summed E-state index contributed by atoms with van der Waals surface area (Å²) in [7, 11) is -3.27. The van der Waals surface area contributed by atoms with Crippen molar-refractivity contribution in [1.82, 2.24) is 0 Å². The first-order chi connectivity index (χ1) is 8.72. The predicted molar refractivity (Wildman–Crippen MR) is 80.7 cm³/mol. The van der Waals surface area contributed by atoms with Crippen LogP contribution in [0.3, 0.4) is 0 Å². The van der Waals surface area contributed by atoms with E-state index in [0.717, 1.165) is 12.0 Å². The summed E-state index contributed by atoms with van der Waals surface area (Å²) in [5.74, 6) is 0.140. The first-order valence-corrected chi connectivity index (χ1v) is 8.17. The molecule has 0 saturated heterocycles. The van der Waals surface area contributed by atoms with Crippen LogP contribution in [0.4, 0.5) is 5.69 Å². The second kappa shape index (κ2) is 6.39. The number of anilines is 1. The van der Waals surface area contributed by atoms with Gasteiger partial charge in [0.1, 0.15) is 0 Å². The highest BCUT2D eigenvalue weighted by Crippen LogP contribution is 2.20. The van der Waals surface area contributed by atoms with Gasteiger partial charge in [-0.3, -0.25) is 4.72 Å². The van der Waals surface area contributed by atoms with Crippen LogP contribution in [-0.4, -0.2) is 20.7 Å². The van der Waals surface area contributed by atoms with E-state index in [9.17, 15) is 8.42 Å². The average Bonchev–Trinajstić information content (AvgIpc) is 2.29. The fourth-order valence-corrected chi connectivity index (χ4v) is 3.06. The minimum Gasteiger partial charge on any atom is -0.330 e. The fourth-order valence-electron chi connectivity index (χ4n) is 1.58. The van der Waals surface area contributed by atoms with E-state index in [0.29, 0.717) is 18.7 Å². The van der Waals surface area contributed by atoms with Gasteiger partial charge < -0.3 is 5.73 Å². The molecule has 1 aromatic carbocycles. The Bertz CT molecular complexity index is 487. The molecular weight excluding hydrogens is 260 g/mol. The van der Waals surface area contributed by atoms with Gasteiger partial charge in [-0.05, 0) is 42.5 Å². The van der Waals surface area contributed by atoms with Crippen molar-refractivity contribution in [2.24, 2.45) is 11.1 Å². The summed E-state index contributed by atoms with van der Waals surface area (Å²) in [4.78, 5) is 0. The van der Waals surface area contributed by atoms with Gasteiger partial charge >= 0.3 is 0 Å². The SMILES string of the molecule is CC(C)(C)CCS(=O)(=O)Nc1ccc(CCN)cc1. The van der Waals surface area contributed by atoms with Crippen LogP contribution >= 0.6 is 0 Å². The second-order valence-electron chi connectivity index (χ2n) is 5.97. The Kier molecular flexibility index (Phi) is 5.38. The third-order valence-electron chi connectivity index (χ3n) is 2.78. The minimum absolute atomic E-state index is 0.0136. The molecule has 108 valence electrons. The van der Waals surface area contributed by atoms with E-state index in [4.69, 9.17) is 5.73 Å². The standard InChI is InChI=1S/C14H24N2O2S/c1-14(2,3)9-11-19(17,18)16-13-6-4-12(5-7-13)8-10-15/h4-7,16H,8-11,15H2,1-3H3. The van der Waals surface area contributed by atoms with Crippen molar-refractivity contribution in [3.63, 3.8) is 0 Å². The predicted octanol–water partition coefficient (Wildman–Crippen LogP) is 2.37. The van der Waals surface area contributed by atoms with Gasteiger partial charge in [-0.1, -0.05) is 32.9 Å². The van der Waals surface area contributed by atoms with Gasteiger partial charge in [-0.25, -0.2) is 8.42 Å². The summed E-state index contributed by atoms with van der Waals surface area (Å²) in [6.07, 6.45) is 1.44. The Balaban J connectivity index is 2.62. The van der Waals surface area contributed by atoms with Gasteiger partial charge in [0.25, 0.3) is 0 Å². The van der Waals surface area contributed by atoms with Gasteiger partial charge in [-0.2, -0.15) is 0 Å². The molecule has 19 heavy (non-hydrogen) atoms. The van der Waals surface area contributed by atoms with Gasteiger partial charge in [-0.15, -0.1) is 0 Å². The van der Waals surface area contributed by atoms with Crippen molar-refractivity contribution in [3.05, 3.63) is 29.8 Å². The zero-order valence-electron chi connectivity index (χ0n) is 11.9. The molecule has 0 aliphatic carbocycles. The number of benzene rings is 1. The van der Waals surface area contributed by atoms with Gasteiger partial charge in [0.2, 0.25) is 10.0 Å². The molecule has 0 bridgehead atoms. The maximum Gasteiger partial charge on any atom is 0.232 e. The molecule has 0 atom stereocenters. The van der Waals surface area contributed by atoms with Gasteiger partial charge in [0.15, 0.2) is 0 Å². The zero-order valence-corrected chi connectivity index (χ0v) is 12.8. The van der Waals surface area contributed by atoms with Crippen molar-refractivity contribution >= 4 is 15.7 Å². The molecule has 1 rings (SSSR count). The maximum absolute atomic E-state index is 11.9. The van der Waals surface area contributed by atoms with Crippen LogP contribution < -0.4 is 10.5 Å². The summed E-state index contributed by atoms with van der Waals surface area (Å²) in [5, 5.41) is 0. The Hall–Kier alpha value is -1.07. The maximum atomic E-state index is 11.9. The van der Waals surface area contributed by atoms with E-state index in [1.165, 1.54) is 0 Å². The van der Waals surface area contributed by atoms with E-state index >= 15 is 0 Å². The highest BCUT2D eigenvalue weighted by Gasteiger charge is 2.17. The fraction of sp³-hybridized carbons (Fsp3) is 0.571. The van der Waals surface area contributed by atoms with E-state index in [1.807, 2.05) is 32.9 Å². The monoisotopic (exact) mass is 284 g/mol. The molecule has 5 heteroatoms. The van der Waals surface area contributed by atoms with Gasteiger partial charge in [0.05, 0.1) is 5.75 Å². The molecule has 3 N–H and O–H groups in total. The Morgan fingerprint density at radius 3 is 2.21 bits per heavy atom. The summed E-state index contributed by atoms with van der Waals surface area (Å²) in [6.45, 7) is 6.69. The van der Waals surface area contributed by atoms with Crippen LogP contribution in [0.5, 0.6) is 0 Å². The van der Waals surface area contributed by atoms with Crippen LogP contribution in [0.1, 0.15) is 32.8 Å². The molecule has 0 unspecified atom stereocenters. The molecule has 0 fully saturated rings. The largest absolute Gasteiger partial charge is 0.330 e. The molecule has 1 aromatic rings. The third kappa shape index (κ3) is 6.59. The summed E-state index contributed by atoms with van der Waals surface area (Å²) in [6, 6.07) is 7.35. The first-order valence-electron chi connectivity index (χ1n) is 6.51. The normalized spacial score (nSPS) is 12.4. The van der Waals surface area contributed by atoms with Crippen LogP contribution in [0, 0.1) is 5.41 Å². The van der Waals surface area contributed by atoms with E-state index in [2.05, 4.69) is 4.72 Å². The van der Waals surface area contributed by atoms with Crippen molar-refractivity contribution < 1.29 is 8.42 Å². The third-order valence-corrected chi connectivity index (χ3v) is 4.07. The molecule has 0 aliphatic heterocycles. The average molecular weight is 284 g/mol. The summed E-state index contributed by atoms with van der Waals surface area (Å²) < 4.78 is 26.5. The molecule has 0 spiro atoms. The highest BCUT2D eigenvalue weighted by molar-refractivity contribution is 7.92. The lowest BCUT2D eigenvalue weighted by Crippen LogP contribution is -2.20. The number of sulfonamides is 1. The van der Waals surface area contributed by atoms with Crippen molar-refractivity contribution in [1.29, 1.82) is 0 Å². The number of rotatable bonds is 6. The molecular formula is C14H24N2O2S. The number of nitrogens with one attached hydrogen (secondary N) is 1. The number of hydrogen-bond donors (Lipinski definition) is 2. The molecule has 0 amide bonds. The number of hydrogen-bond acceptors (Lipinski definition) is 3. The minimum atomic E-state index is -3.27. The molecule has 4 nitrogen and oxygen atoms in total. The molecule has 0 radical (unpaired) electrons. The lowest BCUT2D eigenvalue weighted by atomic mass is 9.94. The Morgan fingerprint density at radius 2 is 1.74 bits per heavy atom. The Labute approximate surface area is 116 Å². The highest BCUT2D eigenvalue weighted by atomic mass is 32.2. The molecule has 0 heterocycles. The smallest absolute Gasteiger partial charge is 0.232 e. The topological polar surface area (TPSA) is 72.2 Å². The Morgan fingerprint density at radius 1 is 1.16 bits per heavy atom. The van der Waals surface area contributed by atoms with E-state index < -0.39 is 10.0 Å². The molecule has 0 aromatic heterocycles. The lowest BCUT2D eigenvalue weighted by molar-refractivity contribution is 0.397.